The summed E-state index contributed by atoms with van der Waals surface area (Å²) in [7, 11) is 3.88. The van der Waals surface area contributed by atoms with E-state index >= 15 is 0 Å². The first-order valence-corrected chi connectivity index (χ1v) is 7.88. The van der Waals surface area contributed by atoms with E-state index in [-0.39, 0.29) is 25.1 Å². The van der Waals surface area contributed by atoms with E-state index in [1.54, 1.807) is 11.1 Å². The van der Waals surface area contributed by atoms with Gasteiger partial charge in [0.1, 0.15) is 5.41 Å². The number of pyridine rings is 1. The molecule has 0 saturated carbocycles. The van der Waals surface area contributed by atoms with Crippen molar-refractivity contribution in [2.24, 2.45) is 11.3 Å². The van der Waals surface area contributed by atoms with Crippen LogP contribution >= 0.6 is 0 Å². The van der Waals surface area contributed by atoms with Crippen molar-refractivity contribution in [2.75, 3.05) is 45.3 Å². The van der Waals surface area contributed by atoms with Gasteiger partial charge in [0, 0.05) is 45.0 Å². The van der Waals surface area contributed by atoms with Gasteiger partial charge >= 0.3 is 12.0 Å². The summed E-state index contributed by atoms with van der Waals surface area (Å²) in [4.78, 5) is 31.8. The van der Waals surface area contributed by atoms with Gasteiger partial charge in [-0.3, -0.25) is 9.78 Å². The number of ether oxygens (including phenoxy) is 1. The van der Waals surface area contributed by atoms with Crippen LogP contribution in [-0.2, 0) is 16.1 Å². The molecule has 2 aliphatic heterocycles. The molecule has 2 atom stereocenters. The molecule has 0 radical (unpaired) electrons. The third-order valence-corrected chi connectivity index (χ3v) is 4.82. The van der Waals surface area contributed by atoms with Crippen molar-refractivity contribution in [2.45, 2.75) is 6.54 Å². The molecule has 3 heterocycles. The van der Waals surface area contributed by atoms with E-state index in [1.807, 2.05) is 31.1 Å². The molecule has 2 N–H and O–H groups in total. The van der Waals surface area contributed by atoms with Crippen LogP contribution in [0.2, 0.25) is 0 Å². The van der Waals surface area contributed by atoms with E-state index in [9.17, 15) is 14.7 Å². The number of aliphatic carboxylic acids is 1. The third-order valence-electron chi connectivity index (χ3n) is 4.82. The number of carbonyl (C=O) groups excluding carboxylic acids is 1. The SMILES string of the molecule is CN(C)c1ccnc(CNC(=O)N2C[C@@H]3COC[C@]3(C(=O)O)C2)c1. The predicted octanol–water partition coefficient (Wildman–Crippen LogP) is 0.390. The lowest BCUT2D eigenvalue weighted by atomic mass is 9.81. The number of amides is 2. The number of carboxylic acids is 1. The molecule has 0 aromatic carbocycles. The zero-order valence-corrected chi connectivity index (χ0v) is 13.9. The topological polar surface area (TPSA) is 95.0 Å². The van der Waals surface area contributed by atoms with Gasteiger partial charge in [0.05, 0.1) is 25.5 Å². The van der Waals surface area contributed by atoms with Crippen molar-refractivity contribution in [1.29, 1.82) is 0 Å². The largest absolute Gasteiger partial charge is 0.481 e. The van der Waals surface area contributed by atoms with E-state index in [0.717, 1.165) is 11.4 Å². The summed E-state index contributed by atoms with van der Waals surface area (Å²) >= 11 is 0. The number of anilines is 1. The Hall–Kier alpha value is -2.35. The highest BCUT2D eigenvalue weighted by Crippen LogP contribution is 2.41. The summed E-state index contributed by atoms with van der Waals surface area (Å²) in [5.74, 6) is -1.03. The minimum Gasteiger partial charge on any atom is -0.481 e. The maximum absolute atomic E-state index is 12.4. The molecular formula is C16H22N4O4. The summed E-state index contributed by atoms with van der Waals surface area (Å²) in [6, 6.07) is 3.54. The quantitative estimate of drug-likeness (QED) is 0.827. The summed E-state index contributed by atoms with van der Waals surface area (Å²) in [6.45, 7) is 1.46. The Morgan fingerprint density at radius 1 is 1.54 bits per heavy atom. The van der Waals surface area contributed by atoms with Gasteiger partial charge in [-0.2, -0.15) is 0 Å². The molecule has 0 aliphatic carbocycles. The molecule has 2 saturated heterocycles. The lowest BCUT2D eigenvalue weighted by Crippen LogP contribution is -2.43. The summed E-state index contributed by atoms with van der Waals surface area (Å²) in [6.07, 6.45) is 1.70. The van der Waals surface area contributed by atoms with Crippen LogP contribution in [0.3, 0.4) is 0 Å². The Morgan fingerprint density at radius 3 is 3.00 bits per heavy atom. The van der Waals surface area contributed by atoms with Crippen LogP contribution in [0.4, 0.5) is 10.5 Å². The monoisotopic (exact) mass is 334 g/mol. The lowest BCUT2D eigenvalue weighted by Gasteiger charge is -2.22. The average Bonchev–Trinajstić information content (AvgIpc) is 3.11. The Kier molecular flexibility index (Phi) is 4.31. The first-order valence-electron chi connectivity index (χ1n) is 7.88. The molecule has 1 aromatic rings. The van der Waals surface area contributed by atoms with Gasteiger partial charge < -0.3 is 25.0 Å². The van der Waals surface area contributed by atoms with Crippen LogP contribution < -0.4 is 10.2 Å². The smallest absolute Gasteiger partial charge is 0.317 e. The second-order valence-electron chi connectivity index (χ2n) is 6.61. The van der Waals surface area contributed by atoms with Gasteiger partial charge in [0.25, 0.3) is 0 Å². The predicted molar refractivity (Wildman–Crippen MR) is 86.8 cm³/mol. The van der Waals surface area contributed by atoms with Gasteiger partial charge in [-0.25, -0.2) is 4.79 Å². The zero-order chi connectivity index (χ0) is 17.3. The van der Waals surface area contributed by atoms with E-state index in [0.29, 0.717) is 19.7 Å². The highest BCUT2D eigenvalue weighted by Gasteiger charge is 2.57. The van der Waals surface area contributed by atoms with Crippen LogP contribution in [0.1, 0.15) is 5.69 Å². The van der Waals surface area contributed by atoms with Crippen molar-refractivity contribution in [3.05, 3.63) is 24.0 Å². The van der Waals surface area contributed by atoms with Crippen LogP contribution in [0.5, 0.6) is 0 Å². The summed E-state index contributed by atoms with van der Waals surface area (Å²) in [5, 5.41) is 12.3. The van der Waals surface area contributed by atoms with Crippen molar-refractivity contribution in [3.8, 4) is 0 Å². The highest BCUT2D eigenvalue weighted by atomic mass is 16.5. The summed E-state index contributed by atoms with van der Waals surface area (Å²) < 4.78 is 5.32. The third kappa shape index (κ3) is 2.89. The molecule has 0 unspecified atom stereocenters. The number of carboxylic acid groups (broad SMARTS) is 1. The molecule has 130 valence electrons. The van der Waals surface area contributed by atoms with Crippen LogP contribution in [0.15, 0.2) is 18.3 Å². The van der Waals surface area contributed by atoms with Gasteiger partial charge in [-0.1, -0.05) is 0 Å². The molecular weight excluding hydrogens is 312 g/mol. The van der Waals surface area contributed by atoms with Gasteiger partial charge in [-0.05, 0) is 12.1 Å². The zero-order valence-electron chi connectivity index (χ0n) is 13.9. The minimum atomic E-state index is -0.958. The van der Waals surface area contributed by atoms with Crippen molar-refractivity contribution < 1.29 is 19.4 Å². The van der Waals surface area contributed by atoms with E-state index < -0.39 is 11.4 Å². The normalized spacial score (nSPS) is 25.4. The molecule has 24 heavy (non-hydrogen) atoms. The number of rotatable bonds is 4. The van der Waals surface area contributed by atoms with Crippen LogP contribution in [0, 0.1) is 11.3 Å². The molecule has 0 bridgehead atoms. The number of hydrogen-bond donors (Lipinski definition) is 2. The van der Waals surface area contributed by atoms with Crippen LogP contribution in [-0.4, -0.2) is 67.4 Å². The molecule has 8 nitrogen and oxygen atoms in total. The molecule has 2 amide bonds. The molecule has 3 rings (SSSR count). The van der Waals surface area contributed by atoms with E-state index in [4.69, 9.17) is 4.74 Å². The lowest BCUT2D eigenvalue weighted by molar-refractivity contribution is -0.149. The number of nitrogens with zero attached hydrogens (tertiary/aromatic N) is 3. The number of fused-ring (bicyclic) bond motifs is 1. The van der Waals surface area contributed by atoms with E-state index in [1.165, 1.54) is 0 Å². The number of hydrogen-bond acceptors (Lipinski definition) is 5. The molecule has 0 spiro atoms. The Balaban J connectivity index is 1.60. The molecule has 2 fully saturated rings. The van der Waals surface area contributed by atoms with Crippen LogP contribution in [0.25, 0.3) is 0 Å². The van der Waals surface area contributed by atoms with Gasteiger partial charge in [-0.15, -0.1) is 0 Å². The molecule has 2 aliphatic rings. The maximum Gasteiger partial charge on any atom is 0.317 e. The average molecular weight is 334 g/mol. The molecule has 8 heteroatoms. The second kappa shape index (κ2) is 6.27. The number of nitrogens with one attached hydrogen (secondary N) is 1. The fraction of sp³-hybridized carbons (Fsp3) is 0.562. The van der Waals surface area contributed by atoms with Crippen molar-refractivity contribution in [3.63, 3.8) is 0 Å². The number of urea groups is 1. The van der Waals surface area contributed by atoms with Gasteiger partial charge in [0.15, 0.2) is 0 Å². The Labute approximate surface area is 140 Å². The van der Waals surface area contributed by atoms with Crippen molar-refractivity contribution in [1.82, 2.24) is 15.2 Å². The Bertz CT molecular complexity index is 651. The number of carbonyl (C=O) groups is 2. The highest BCUT2D eigenvalue weighted by molar-refractivity contribution is 5.80. The first kappa shape index (κ1) is 16.5. The molecule has 1 aromatic heterocycles. The number of likely N-dealkylation sites (tertiary alicyclic amines) is 1. The maximum atomic E-state index is 12.4. The number of aromatic nitrogens is 1. The van der Waals surface area contributed by atoms with Gasteiger partial charge in [0.2, 0.25) is 0 Å². The standard InChI is InChI=1S/C16H22N4O4/c1-19(2)13-3-4-17-12(5-13)6-18-15(23)20-7-11-8-24-10-16(11,9-20)14(21)22/h3-5,11H,6-10H2,1-2H3,(H,18,23)(H,21,22)/t11-,16-/m1/s1. The summed E-state index contributed by atoms with van der Waals surface area (Å²) in [5.41, 5.74) is 0.803. The van der Waals surface area contributed by atoms with Crippen molar-refractivity contribution >= 4 is 17.7 Å². The second-order valence-corrected chi connectivity index (χ2v) is 6.61. The first-order chi connectivity index (χ1) is 11.4. The Morgan fingerprint density at radius 2 is 2.33 bits per heavy atom. The fourth-order valence-electron chi connectivity index (χ4n) is 3.31. The fourth-order valence-corrected chi connectivity index (χ4v) is 3.31. The minimum absolute atomic E-state index is 0.143. The van der Waals surface area contributed by atoms with E-state index in [2.05, 4.69) is 10.3 Å².